The number of amides is 1. The zero-order valence-electron chi connectivity index (χ0n) is 11.8. The highest BCUT2D eigenvalue weighted by Gasteiger charge is 2.33. The first-order chi connectivity index (χ1) is 8.87. The predicted molar refractivity (Wildman–Crippen MR) is 73.8 cm³/mol. The van der Waals surface area contributed by atoms with Gasteiger partial charge in [0.05, 0.1) is 24.6 Å². The molecular weight excluding hydrogens is 264 g/mol. The molecule has 2 aliphatic heterocycles. The first-order valence-corrected chi connectivity index (χ1v) is 9.05. The van der Waals surface area contributed by atoms with E-state index >= 15 is 0 Å². The molecule has 2 N–H and O–H groups in total. The van der Waals surface area contributed by atoms with Gasteiger partial charge in [-0.2, -0.15) is 0 Å². The maximum atomic E-state index is 12.2. The molecule has 0 bridgehead atoms. The normalized spacial score (nSPS) is 35.8. The Kier molecular flexibility index (Phi) is 4.50. The minimum absolute atomic E-state index is 0.00616. The molecule has 1 amide bonds. The fraction of sp³-hybridized carbons (Fsp3) is 0.923. The third-order valence-corrected chi connectivity index (χ3v) is 6.27. The van der Waals surface area contributed by atoms with Crippen molar-refractivity contribution < 1.29 is 18.1 Å². The van der Waals surface area contributed by atoms with Gasteiger partial charge >= 0.3 is 0 Å². The van der Waals surface area contributed by atoms with Gasteiger partial charge in [0.15, 0.2) is 15.9 Å². The van der Waals surface area contributed by atoms with E-state index in [4.69, 9.17) is 0 Å². The lowest BCUT2D eigenvalue weighted by Crippen LogP contribution is -3.17. The van der Waals surface area contributed by atoms with Gasteiger partial charge in [-0.15, -0.1) is 0 Å². The summed E-state index contributed by atoms with van der Waals surface area (Å²) in [5.74, 6) is 1.09. The largest absolute Gasteiger partial charge is 0.347 e. The van der Waals surface area contributed by atoms with Gasteiger partial charge in [0.2, 0.25) is 0 Å². The van der Waals surface area contributed by atoms with E-state index in [0.717, 1.165) is 19.0 Å². The van der Waals surface area contributed by atoms with Crippen molar-refractivity contribution in [3.8, 4) is 0 Å². The van der Waals surface area contributed by atoms with Crippen molar-refractivity contribution in [3.05, 3.63) is 0 Å². The van der Waals surface area contributed by atoms with Gasteiger partial charge in [-0.3, -0.25) is 4.79 Å². The number of quaternary nitrogens is 1. The maximum Gasteiger partial charge on any atom is 0.278 e. The molecule has 2 fully saturated rings. The summed E-state index contributed by atoms with van der Waals surface area (Å²) in [6, 6.07) is -0.251. The van der Waals surface area contributed by atoms with Crippen molar-refractivity contribution in [2.24, 2.45) is 5.92 Å². The molecule has 2 heterocycles. The van der Waals surface area contributed by atoms with E-state index in [1.165, 1.54) is 17.7 Å². The SMILES string of the molecule is CC1CC[NH+]([C@H](C)C(=O)N[C@H]2CCS(=O)(=O)C2)CC1. The molecule has 0 radical (unpaired) electrons. The van der Waals surface area contributed by atoms with Gasteiger partial charge in [0.25, 0.3) is 5.91 Å². The fourth-order valence-corrected chi connectivity index (χ4v) is 4.66. The van der Waals surface area contributed by atoms with Crippen molar-refractivity contribution in [1.82, 2.24) is 5.32 Å². The predicted octanol–water partition coefficient (Wildman–Crippen LogP) is -1.01. The molecule has 0 aromatic rings. The molecule has 2 aliphatic rings. The molecule has 0 aliphatic carbocycles. The van der Waals surface area contributed by atoms with Gasteiger partial charge in [0.1, 0.15) is 0 Å². The van der Waals surface area contributed by atoms with E-state index in [1.54, 1.807) is 0 Å². The first kappa shape index (κ1) is 14.8. The molecule has 0 spiro atoms. The lowest BCUT2D eigenvalue weighted by atomic mass is 9.98. The number of carbonyl (C=O) groups is 1. The van der Waals surface area contributed by atoms with Crippen LogP contribution in [0.15, 0.2) is 0 Å². The van der Waals surface area contributed by atoms with Crippen molar-refractivity contribution in [3.63, 3.8) is 0 Å². The zero-order valence-corrected chi connectivity index (χ0v) is 12.6. The fourth-order valence-electron chi connectivity index (χ4n) is 2.99. The van der Waals surface area contributed by atoms with Gasteiger partial charge in [-0.05, 0) is 32.1 Å². The Morgan fingerprint density at radius 2 is 1.89 bits per heavy atom. The second-order valence-corrected chi connectivity index (χ2v) is 8.40. The lowest BCUT2D eigenvalue weighted by molar-refractivity contribution is -0.920. The highest BCUT2D eigenvalue weighted by Crippen LogP contribution is 2.11. The number of sulfone groups is 1. The van der Waals surface area contributed by atoms with Crippen molar-refractivity contribution in [2.75, 3.05) is 24.6 Å². The number of nitrogens with one attached hydrogen (secondary N) is 2. The van der Waals surface area contributed by atoms with E-state index in [1.807, 2.05) is 6.92 Å². The Balaban J connectivity index is 1.83. The second-order valence-electron chi connectivity index (χ2n) is 6.17. The average molecular weight is 289 g/mol. The van der Waals surface area contributed by atoms with Gasteiger partial charge in [0, 0.05) is 6.04 Å². The molecule has 0 saturated carbocycles. The number of likely N-dealkylation sites (tertiary alicyclic amines) is 1. The Morgan fingerprint density at radius 3 is 2.42 bits per heavy atom. The minimum atomic E-state index is -2.92. The summed E-state index contributed by atoms with van der Waals surface area (Å²) in [6.45, 7) is 6.28. The van der Waals surface area contributed by atoms with Crippen molar-refractivity contribution >= 4 is 15.7 Å². The van der Waals surface area contributed by atoms with Crippen LogP contribution in [0.5, 0.6) is 0 Å². The monoisotopic (exact) mass is 289 g/mol. The summed E-state index contributed by atoms with van der Waals surface area (Å²) < 4.78 is 22.7. The average Bonchev–Trinajstić information content (AvgIpc) is 2.68. The number of rotatable bonds is 3. The molecule has 5 nitrogen and oxygen atoms in total. The summed E-state index contributed by atoms with van der Waals surface area (Å²) in [5.41, 5.74) is 0. The highest BCUT2D eigenvalue weighted by molar-refractivity contribution is 7.91. The Bertz CT molecular complexity index is 427. The van der Waals surface area contributed by atoms with E-state index in [0.29, 0.717) is 6.42 Å². The molecule has 0 aromatic carbocycles. The summed E-state index contributed by atoms with van der Waals surface area (Å²) in [4.78, 5) is 13.5. The molecule has 0 unspecified atom stereocenters. The summed E-state index contributed by atoms with van der Waals surface area (Å²) in [6.07, 6.45) is 2.91. The Morgan fingerprint density at radius 1 is 1.26 bits per heavy atom. The summed E-state index contributed by atoms with van der Waals surface area (Å²) in [7, 11) is -2.92. The molecule has 2 saturated heterocycles. The van der Waals surface area contributed by atoms with Gasteiger partial charge < -0.3 is 10.2 Å². The van der Waals surface area contributed by atoms with Crippen LogP contribution in [0.1, 0.15) is 33.1 Å². The van der Waals surface area contributed by atoms with Crippen LogP contribution >= 0.6 is 0 Å². The minimum Gasteiger partial charge on any atom is -0.347 e. The van der Waals surface area contributed by atoms with E-state index in [9.17, 15) is 13.2 Å². The van der Waals surface area contributed by atoms with Gasteiger partial charge in [-0.1, -0.05) is 6.92 Å². The molecule has 110 valence electrons. The van der Waals surface area contributed by atoms with E-state index < -0.39 is 9.84 Å². The van der Waals surface area contributed by atoms with Crippen molar-refractivity contribution in [2.45, 2.75) is 45.2 Å². The van der Waals surface area contributed by atoms with Crippen LogP contribution < -0.4 is 10.2 Å². The van der Waals surface area contributed by atoms with Crippen LogP contribution in [-0.4, -0.2) is 51.0 Å². The summed E-state index contributed by atoms with van der Waals surface area (Å²) in [5, 5.41) is 2.90. The number of hydrogen-bond acceptors (Lipinski definition) is 3. The molecular formula is C13H25N2O3S+. The van der Waals surface area contributed by atoms with E-state index in [-0.39, 0.29) is 29.5 Å². The van der Waals surface area contributed by atoms with Crippen LogP contribution in [-0.2, 0) is 14.6 Å². The molecule has 6 heteroatoms. The van der Waals surface area contributed by atoms with Crippen LogP contribution in [0.4, 0.5) is 0 Å². The van der Waals surface area contributed by atoms with Crippen molar-refractivity contribution in [1.29, 1.82) is 0 Å². The topological polar surface area (TPSA) is 67.7 Å². The molecule has 2 atom stereocenters. The Hall–Kier alpha value is -0.620. The molecule has 2 rings (SSSR count). The molecule has 0 aromatic heterocycles. The summed E-state index contributed by atoms with van der Waals surface area (Å²) >= 11 is 0. The number of carbonyl (C=O) groups excluding carboxylic acids is 1. The zero-order chi connectivity index (χ0) is 14.0. The number of hydrogen-bond donors (Lipinski definition) is 2. The smallest absolute Gasteiger partial charge is 0.278 e. The molecule has 19 heavy (non-hydrogen) atoms. The first-order valence-electron chi connectivity index (χ1n) is 7.23. The maximum absolute atomic E-state index is 12.2. The second kappa shape index (κ2) is 5.79. The lowest BCUT2D eigenvalue weighted by Gasteiger charge is -2.31. The number of piperidine rings is 1. The van der Waals surface area contributed by atoms with Crippen LogP contribution in [0, 0.1) is 5.92 Å². The van der Waals surface area contributed by atoms with Crippen LogP contribution in [0.3, 0.4) is 0 Å². The highest BCUT2D eigenvalue weighted by atomic mass is 32.2. The van der Waals surface area contributed by atoms with Gasteiger partial charge in [-0.25, -0.2) is 8.42 Å². The Labute approximate surface area is 115 Å². The quantitative estimate of drug-likeness (QED) is 0.700. The van der Waals surface area contributed by atoms with Crippen LogP contribution in [0.2, 0.25) is 0 Å². The van der Waals surface area contributed by atoms with Crippen LogP contribution in [0.25, 0.3) is 0 Å². The third-order valence-electron chi connectivity index (χ3n) is 4.50. The standard InChI is InChI=1S/C13H24N2O3S/c1-10-3-6-15(7-4-10)11(2)13(16)14-12-5-8-19(17,18)9-12/h10-12H,3-9H2,1-2H3,(H,14,16)/p+1/t11-,12+/m1/s1. The van der Waals surface area contributed by atoms with E-state index in [2.05, 4.69) is 12.2 Å². The third kappa shape index (κ3) is 3.92.